The first-order valence-electron chi connectivity index (χ1n) is 19.5. The molecule has 270 valence electrons. The molecule has 3 heterocycles. The molecule has 9 aromatic carbocycles. The van der Waals surface area contributed by atoms with Gasteiger partial charge in [0, 0.05) is 53.3 Å². The third kappa shape index (κ3) is 5.18. The topological polar surface area (TPSA) is 43.6 Å². The number of hydrogen-bond donors (Lipinski definition) is 0. The van der Waals surface area contributed by atoms with Crippen LogP contribution in [0.25, 0.3) is 115 Å². The zero-order valence-electron chi connectivity index (χ0n) is 31.2. The van der Waals surface area contributed by atoms with Crippen molar-refractivity contribution in [1.29, 1.82) is 0 Å². The zero-order valence-corrected chi connectivity index (χ0v) is 32.0. The molecule has 0 saturated heterocycles. The predicted molar refractivity (Wildman–Crippen MR) is 244 cm³/mol. The molecule has 4 nitrogen and oxygen atoms in total. The van der Waals surface area contributed by atoms with Crippen LogP contribution in [0.3, 0.4) is 0 Å². The Balaban J connectivity index is 1.08. The van der Waals surface area contributed by atoms with Crippen LogP contribution in [0.4, 0.5) is 0 Å². The minimum absolute atomic E-state index is 0.635. The number of hydrogen-bond acceptors (Lipinski definition) is 4. The number of para-hydroxylation sites is 2. The van der Waals surface area contributed by atoms with E-state index in [1.54, 1.807) is 0 Å². The summed E-state index contributed by atoms with van der Waals surface area (Å²) in [7, 11) is 0. The Kier molecular flexibility index (Phi) is 7.37. The number of thiophene rings is 1. The molecule has 0 N–H and O–H groups in total. The van der Waals surface area contributed by atoms with Gasteiger partial charge >= 0.3 is 0 Å². The van der Waals surface area contributed by atoms with Crippen molar-refractivity contribution in [1.82, 2.24) is 19.5 Å². The first-order chi connectivity index (χ1) is 28.7. The second-order valence-corrected chi connectivity index (χ2v) is 15.9. The van der Waals surface area contributed by atoms with Gasteiger partial charge in [-0.2, -0.15) is 0 Å². The van der Waals surface area contributed by atoms with Gasteiger partial charge in [0.15, 0.2) is 17.5 Å². The second-order valence-electron chi connectivity index (χ2n) is 14.8. The van der Waals surface area contributed by atoms with Crippen LogP contribution in [0.2, 0.25) is 0 Å². The highest BCUT2D eigenvalue weighted by Gasteiger charge is 2.20. The molecule has 12 rings (SSSR count). The van der Waals surface area contributed by atoms with Crippen LogP contribution >= 0.6 is 11.3 Å². The monoisotopic (exact) mass is 756 g/mol. The van der Waals surface area contributed by atoms with Crippen LogP contribution < -0.4 is 0 Å². The van der Waals surface area contributed by atoms with E-state index in [4.69, 9.17) is 15.0 Å². The number of benzene rings is 9. The van der Waals surface area contributed by atoms with Gasteiger partial charge < -0.3 is 4.57 Å². The summed E-state index contributed by atoms with van der Waals surface area (Å²) in [6, 6.07) is 69.1. The maximum atomic E-state index is 5.33. The van der Waals surface area contributed by atoms with Gasteiger partial charge in [0.2, 0.25) is 0 Å². The summed E-state index contributed by atoms with van der Waals surface area (Å²) in [6.07, 6.45) is 0. The lowest BCUT2D eigenvalue weighted by Crippen LogP contribution is -2.01. The average Bonchev–Trinajstić information content (AvgIpc) is 3.84. The first kappa shape index (κ1) is 32.7. The molecule has 0 aliphatic carbocycles. The van der Waals surface area contributed by atoms with Gasteiger partial charge in [-0.25, -0.2) is 15.0 Å². The highest BCUT2D eigenvalue weighted by molar-refractivity contribution is 7.26. The molecule has 0 amide bonds. The molecular formula is C53H32N4S. The van der Waals surface area contributed by atoms with Gasteiger partial charge in [-0.3, -0.25) is 0 Å². The van der Waals surface area contributed by atoms with E-state index >= 15 is 0 Å². The molecule has 5 heteroatoms. The lowest BCUT2D eigenvalue weighted by molar-refractivity contribution is 1.08. The molecule has 0 atom stereocenters. The van der Waals surface area contributed by atoms with Crippen molar-refractivity contribution in [2.24, 2.45) is 0 Å². The van der Waals surface area contributed by atoms with Gasteiger partial charge in [0.25, 0.3) is 0 Å². The van der Waals surface area contributed by atoms with Crippen molar-refractivity contribution in [3.8, 4) is 51.0 Å². The maximum absolute atomic E-state index is 5.33. The van der Waals surface area contributed by atoms with Crippen LogP contribution in [-0.2, 0) is 0 Å². The van der Waals surface area contributed by atoms with Gasteiger partial charge in [-0.05, 0) is 69.1 Å². The standard InChI is InChI=1S/C53H32N4S/c1-3-15-34(16-4-1)51-54-52(36-27-28-42-41-22-11-12-25-46(41)57(47(42)30-36)37-18-5-2-6-19-37)56-53(55-51)45-32-49-50(43-23-10-9-21-40(43)45)44-29-26-35(31-48(44)58-49)39-24-13-17-33-14-7-8-20-38(33)39/h1-32H. The first-order valence-corrected chi connectivity index (χ1v) is 20.3. The lowest BCUT2D eigenvalue weighted by atomic mass is 9.96. The smallest absolute Gasteiger partial charge is 0.164 e. The number of rotatable bonds is 5. The van der Waals surface area contributed by atoms with E-state index in [2.05, 4.69) is 180 Å². The van der Waals surface area contributed by atoms with Crippen LogP contribution in [-0.4, -0.2) is 19.5 Å². The molecule has 58 heavy (non-hydrogen) atoms. The fourth-order valence-electron chi connectivity index (χ4n) is 8.78. The van der Waals surface area contributed by atoms with Gasteiger partial charge in [-0.1, -0.05) is 158 Å². The van der Waals surface area contributed by atoms with E-state index < -0.39 is 0 Å². The van der Waals surface area contributed by atoms with Gasteiger partial charge in [-0.15, -0.1) is 11.3 Å². The molecule has 0 aliphatic heterocycles. The van der Waals surface area contributed by atoms with E-state index in [0.29, 0.717) is 17.5 Å². The van der Waals surface area contributed by atoms with Gasteiger partial charge in [0.1, 0.15) is 0 Å². The lowest BCUT2D eigenvalue weighted by Gasteiger charge is -2.12. The minimum Gasteiger partial charge on any atom is -0.309 e. The van der Waals surface area contributed by atoms with Crippen LogP contribution in [0.15, 0.2) is 194 Å². The molecule has 0 aliphatic rings. The molecular weight excluding hydrogens is 725 g/mol. The van der Waals surface area contributed by atoms with E-state index in [-0.39, 0.29) is 0 Å². The third-order valence-electron chi connectivity index (χ3n) is 11.4. The number of nitrogens with zero attached hydrogens (tertiary/aromatic N) is 4. The third-order valence-corrected chi connectivity index (χ3v) is 12.5. The quantitative estimate of drug-likeness (QED) is 0.176. The van der Waals surface area contributed by atoms with E-state index in [0.717, 1.165) is 38.8 Å². The van der Waals surface area contributed by atoms with Crippen LogP contribution in [0.1, 0.15) is 0 Å². The van der Waals surface area contributed by atoms with Crippen molar-refractivity contribution < 1.29 is 0 Å². The SMILES string of the molecule is c1ccc(-c2nc(-c3ccc4c5ccccc5n(-c5ccccc5)c4c3)nc(-c3cc4sc5cc(-c6cccc7ccccc67)ccc5c4c4ccccc34)n2)cc1. The van der Waals surface area contributed by atoms with E-state index in [1.165, 1.54) is 58.2 Å². The van der Waals surface area contributed by atoms with Crippen LogP contribution in [0, 0.1) is 0 Å². The Morgan fingerprint density at radius 2 is 0.966 bits per heavy atom. The van der Waals surface area contributed by atoms with Crippen LogP contribution in [0.5, 0.6) is 0 Å². The summed E-state index contributed by atoms with van der Waals surface area (Å²) in [5.74, 6) is 1.93. The molecule has 0 fully saturated rings. The normalized spacial score (nSPS) is 11.8. The Labute approximate surface area is 338 Å². The molecule has 12 aromatic rings. The summed E-state index contributed by atoms with van der Waals surface area (Å²) >= 11 is 1.83. The summed E-state index contributed by atoms with van der Waals surface area (Å²) in [5.41, 5.74) is 8.71. The summed E-state index contributed by atoms with van der Waals surface area (Å²) < 4.78 is 4.80. The Morgan fingerprint density at radius 3 is 1.81 bits per heavy atom. The van der Waals surface area contributed by atoms with E-state index in [1.807, 2.05) is 29.5 Å². The van der Waals surface area contributed by atoms with Gasteiger partial charge in [0.05, 0.1) is 11.0 Å². The molecule has 3 aromatic heterocycles. The molecule has 0 radical (unpaired) electrons. The largest absolute Gasteiger partial charge is 0.309 e. The van der Waals surface area contributed by atoms with Crippen molar-refractivity contribution in [3.63, 3.8) is 0 Å². The fourth-order valence-corrected chi connectivity index (χ4v) is 9.98. The summed E-state index contributed by atoms with van der Waals surface area (Å²) in [5, 5.41) is 9.73. The minimum atomic E-state index is 0.635. The Hall–Kier alpha value is -7.47. The number of aromatic nitrogens is 4. The van der Waals surface area contributed by atoms with Crippen molar-refractivity contribution >= 4 is 74.9 Å². The van der Waals surface area contributed by atoms with Crippen molar-refractivity contribution in [2.45, 2.75) is 0 Å². The number of fused-ring (bicyclic) bond motifs is 9. The summed E-state index contributed by atoms with van der Waals surface area (Å²) in [4.78, 5) is 15.7. The molecule has 0 unspecified atom stereocenters. The fraction of sp³-hybridized carbons (Fsp3) is 0. The predicted octanol–water partition coefficient (Wildman–Crippen LogP) is 14.3. The zero-order chi connectivity index (χ0) is 38.2. The van der Waals surface area contributed by atoms with Crippen molar-refractivity contribution in [2.75, 3.05) is 0 Å². The summed E-state index contributed by atoms with van der Waals surface area (Å²) in [6.45, 7) is 0. The molecule has 0 bridgehead atoms. The van der Waals surface area contributed by atoms with Crippen molar-refractivity contribution in [3.05, 3.63) is 194 Å². The second kappa shape index (κ2) is 13.1. The highest BCUT2D eigenvalue weighted by Crippen LogP contribution is 2.44. The maximum Gasteiger partial charge on any atom is 0.164 e. The Morgan fingerprint density at radius 1 is 0.345 bits per heavy atom. The van der Waals surface area contributed by atoms with E-state index in [9.17, 15) is 0 Å². The Bertz CT molecular complexity index is 3560. The molecule has 0 saturated carbocycles. The highest BCUT2D eigenvalue weighted by atomic mass is 32.1. The average molecular weight is 757 g/mol. The molecule has 0 spiro atoms.